The summed E-state index contributed by atoms with van der Waals surface area (Å²) in [7, 11) is 0. The van der Waals surface area contributed by atoms with E-state index in [1.165, 1.54) is 12.1 Å². The van der Waals surface area contributed by atoms with Gasteiger partial charge in [0, 0.05) is 12.4 Å². The van der Waals surface area contributed by atoms with Crippen LogP contribution in [0.3, 0.4) is 0 Å². The Kier molecular flexibility index (Phi) is 2.60. The molecule has 19 heavy (non-hydrogen) atoms. The third kappa shape index (κ3) is 2.11. The summed E-state index contributed by atoms with van der Waals surface area (Å²) >= 11 is 0. The number of fused-ring (bicyclic) bond motifs is 1. The lowest BCUT2D eigenvalue weighted by Crippen LogP contribution is -1.97. The number of aromatic nitrogens is 3. The highest BCUT2D eigenvalue weighted by atomic mass is 16.5. The largest absolute Gasteiger partial charge is 0.478 e. The number of carbonyl (C=O) groups is 1. The predicted molar refractivity (Wildman–Crippen MR) is 66.5 cm³/mol. The molecule has 2 aromatic heterocycles. The van der Waals surface area contributed by atoms with Crippen LogP contribution in [0.15, 0.2) is 48.9 Å². The average molecular weight is 255 g/mol. The summed E-state index contributed by atoms with van der Waals surface area (Å²) in [6, 6.07) is 8.01. The van der Waals surface area contributed by atoms with Crippen LogP contribution in [0.1, 0.15) is 10.4 Å². The van der Waals surface area contributed by atoms with Crippen molar-refractivity contribution in [1.29, 1.82) is 0 Å². The van der Waals surface area contributed by atoms with Crippen LogP contribution in [0.2, 0.25) is 0 Å². The Hall–Kier alpha value is -2.89. The number of carboxylic acid groups (broad SMARTS) is 1. The van der Waals surface area contributed by atoms with Gasteiger partial charge in [0.1, 0.15) is 11.3 Å². The summed E-state index contributed by atoms with van der Waals surface area (Å²) in [5.41, 5.74) is 0.876. The van der Waals surface area contributed by atoms with Crippen molar-refractivity contribution in [3.8, 4) is 11.6 Å². The van der Waals surface area contributed by atoms with E-state index in [1.54, 1.807) is 41.3 Å². The van der Waals surface area contributed by atoms with Crippen molar-refractivity contribution in [1.82, 2.24) is 14.6 Å². The first-order valence-corrected chi connectivity index (χ1v) is 5.53. The van der Waals surface area contributed by atoms with Crippen molar-refractivity contribution in [2.75, 3.05) is 0 Å². The quantitative estimate of drug-likeness (QED) is 0.776. The van der Waals surface area contributed by atoms with Gasteiger partial charge in [-0.2, -0.15) is 5.10 Å². The van der Waals surface area contributed by atoms with Crippen molar-refractivity contribution in [3.63, 3.8) is 0 Å². The number of hydrogen-bond donors (Lipinski definition) is 1. The molecule has 3 rings (SSSR count). The van der Waals surface area contributed by atoms with Crippen LogP contribution in [-0.4, -0.2) is 25.7 Å². The van der Waals surface area contributed by atoms with E-state index in [-0.39, 0.29) is 5.56 Å². The van der Waals surface area contributed by atoms with Gasteiger partial charge in [0.25, 0.3) is 0 Å². The Labute approximate surface area is 107 Å². The Morgan fingerprint density at radius 1 is 1.26 bits per heavy atom. The molecule has 0 aliphatic rings. The molecular formula is C13H9N3O3. The zero-order valence-electron chi connectivity index (χ0n) is 9.72. The van der Waals surface area contributed by atoms with E-state index in [4.69, 9.17) is 9.84 Å². The number of aromatic carboxylic acids is 1. The highest BCUT2D eigenvalue weighted by Gasteiger charge is 2.08. The monoisotopic (exact) mass is 255 g/mol. The first-order chi connectivity index (χ1) is 9.24. The fourth-order valence-electron chi connectivity index (χ4n) is 1.72. The molecule has 94 valence electrons. The number of hydrogen-bond acceptors (Lipinski definition) is 4. The SMILES string of the molecule is O=C(O)c1cccc(Oc2nccn3nccc23)c1. The highest BCUT2D eigenvalue weighted by Crippen LogP contribution is 2.24. The Bertz CT molecular complexity index is 751. The van der Waals surface area contributed by atoms with Crippen LogP contribution in [0.4, 0.5) is 0 Å². The molecule has 0 bridgehead atoms. The molecule has 0 unspecified atom stereocenters. The number of benzene rings is 1. The summed E-state index contributed by atoms with van der Waals surface area (Å²) < 4.78 is 7.23. The topological polar surface area (TPSA) is 76.7 Å². The molecule has 6 heteroatoms. The third-order valence-electron chi connectivity index (χ3n) is 2.58. The summed E-state index contributed by atoms with van der Waals surface area (Å²) in [6.07, 6.45) is 4.91. The number of ether oxygens (including phenoxy) is 1. The molecule has 0 atom stereocenters. The van der Waals surface area contributed by atoms with Gasteiger partial charge in [-0.3, -0.25) is 0 Å². The van der Waals surface area contributed by atoms with Gasteiger partial charge in [-0.05, 0) is 24.3 Å². The van der Waals surface area contributed by atoms with Crippen molar-refractivity contribution in [2.45, 2.75) is 0 Å². The standard InChI is InChI=1S/C13H9N3O3/c17-13(18)9-2-1-3-10(8-9)19-12-11-4-5-15-16(11)7-6-14-12/h1-8H,(H,17,18). The smallest absolute Gasteiger partial charge is 0.335 e. The number of nitrogens with zero attached hydrogens (tertiary/aromatic N) is 3. The second kappa shape index (κ2) is 4.41. The van der Waals surface area contributed by atoms with Crippen LogP contribution in [0.25, 0.3) is 5.52 Å². The van der Waals surface area contributed by atoms with Gasteiger partial charge in [0.2, 0.25) is 5.88 Å². The number of carboxylic acids is 1. The van der Waals surface area contributed by atoms with Gasteiger partial charge in [-0.1, -0.05) is 6.07 Å². The minimum absolute atomic E-state index is 0.165. The van der Waals surface area contributed by atoms with E-state index in [0.29, 0.717) is 17.1 Å². The Morgan fingerprint density at radius 2 is 2.16 bits per heavy atom. The summed E-state index contributed by atoms with van der Waals surface area (Å²) in [6.45, 7) is 0. The molecule has 3 aromatic rings. The van der Waals surface area contributed by atoms with Gasteiger partial charge in [0.05, 0.1) is 11.8 Å². The van der Waals surface area contributed by atoms with Crippen molar-refractivity contribution >= 4 is 11.5 Å². The molecule has 0 radical (unpaired) electrons. The molecule has 1 aromatic carbocycles. The minimum Gasteiger partial charge on any atom is -0.478 e. The zero-order chi connectivity index (χ0) is 13.2. The van der Waals surface area contributed by atoms with E-state index in [1.807, 2.05) is 0 Å². The second-order valence-electron chi connectivity index (χ2n) is 3.83. The first kappa shape index (κ1) is 11.2. The van der Waals surface area contributed by atoms with E-state index in [2.05, 4.69) is 10.1 Å². The van der Waals surface area contributed by atoms with Crippen molar-refractivity contribution in [3.05, 3.63) is 54.5 Å². The summed E-state index contributed by atoms with van der Waals surface area (Å²) in [4.78, 5) is 15.0. The lowest BCUT2D eigenvalue weighted by Gasteiger charge is -2.06. The number of rotatable bonds is 3. The van der Waals surface area contributed by atoms with Gasteiger partial charge in [0.15, 0.2) is 0 Å². The van der Waals surface area contributed by atoms with E-state index >= 15 is 0 Å². The van der Waals surface area contributed by atoms with E-state index in [9.17, 15) is 4.79 Å². The third-order valence-corrected chi connectivity index (χ3v) is 2.58. The zero-order valence-corrected chi connectivity index (χ0v) is 9.72. The Balaban J connectivity index is 1.99. The minimum atomic E-state index is -0.999. The molecule has 0 spiro atoms. The maximum Gasteiger partial charge on any atom is 0.335 e. The molecule has 0 amide bonds. The summed E-state index contributed by atoms with van der Waals surface area (Å²) in [5.74, 6) is -0.204. The molecule has 0 fully saturated rings. The molecule has 0 aliphatic carbocycles. The van der Waals surface area contributed by atoms with Gasteiger partial charge >= 0.3 is 5.97 Å². The second-order valence-corrected chi connectivity index (χ2v) is 3.83. The van der Waals surface area contributed by atoms with Crippen LogP contribution in [0, 0.1) is 0 Å². The van der Waals surface area contributed by atoms with Gasteiger partial charge in [-0.15, -0.1) is 0 Å². The van der Waals surface area contributed by atoms with Crippen LogP contribution >= 0.6 is 0 Å². The first-order valence-electron chi connectivity index (χ1n) is 5.53. The Morgan fingerprint density at radius 3 is 3.00 bits per heavy atom. The molecule has 6 nitrogen and oxygen atoms in total. The van der Waals surface area contributed by atoms with Gasteiger partial charge in [-0.25, -0.2) is 14.3 Å². The molecule has 2 heterocycles. The summed E-state index contributed by atoms with van der Waals surface area (Å²) in [5, 5.41) is 13.0. The van der Waals surface area contributed by atoms with Crippen LogP contribution in [0.5, 0.6) is 11.6 Å². The highest BCUT2D eigenvalue weighted by molar-refractivity contribution is 5.88. The molecule has 0 saturated heterocycles. The fourth-order valence-corrected chi connectivity index (χ4v) is 1.72. The van der Waals surface area contributed by atoms with Crippen molar-refractivity contribution in [2.24, 2.45) is 0 Å². The average Bonchev–Trinajstić information content (AvgIpc) is 2.88. The maximum atomic E-state index is 10.9. The normalized spacial score (nSPS) is 10.5. The van der Waals surface area contributed by atoms with E-state index in [0.717, 1.165) is 0 Å². The molecule has 0 saturated carbocycles. The fraction of sp³-hybridized carbons (Fsp3) is 0. The predicted octanol–water partition coefficient (Wildman–Crippen LogP) is 2.22. The lowest BCUT2D eigenvalue weighted by atomic mass is 10.2. The lowest BCUT2D eigenvalue weighted by molar-refractivity contribution is 0.0696. The van der Waals surface area contributed by atoms with Crippen LogP contribution < -0.4 is 4.74 Å². The molecule has 1 N–H and O–H groups in total. The van der Waals surface area contributed by atoms with Crippen LogP contribution in [-0.2, 0) is 0 Å². The van der Waals surface area contributed by atoms with Crippen molar-refractivity contribution < 1.29 is 14.6 Å². The van der Waals surface area contributed by atoms with Gasteiger partial charge < -0.3 is 9.84 Å². The molecular weight excluding hydrogens is 246 g/mol. The maximum absolute atomic E-state index is 10.9. The van der Waals surface area contributed by atoms with E-state index < -0.39 is 5.97 Å². The molecule has 0 aliphatic heterocycles.